The number of hydrogen-bond acceptors (Lipinski definition) is 2. The Kier molecular flexibility index (Phi) is 5.43. The van der Waals surface area contributed by atoms with E-state index in [0.29, 0.717) is 6.04 Å². The number of rotatable bonds is 5. The summed E-state index contributed by atoms with van der Waals surface area (Å²) in [5, 5.41) is 3.58. The van der Waals surface area contributed by atoms with E-state index >= 15 is 0 Å². The van der Waals surface area contributed by atoms with Crippen molar-refractivity contribution in [2.45, 2.75) is 33.4 Å². The fourth-order valence-corrected chi connectivity index (χ4v) is 3.10. The minimum atomic E-state index is 0.325. The maximum atomic E-state index is 5.25. The number of halogens is 1. The highest BCUT2D eigenvalue weighted by molar-refractivity contribution is 9.10. The monoisotopic (exact) mass is 347 g/mol. The van der Waals surface area contributed by atoms with E-state index in [1.807, 2.05) is 6.07 Å². The first-order valence-corrected chi connectivity index (χ1v) is 7.93. The molecule has 0 radical (unpaired) electrons. The summed E-state index contributed by atoms with van der Waals surface area (Å²) in [5.41, 5.74) is 5.24. The zero-order chi connectivity index (χ0) is 15.4. The van der Waals surface area contributed by atoms with Crippen LogP contribution in [0.15, 0.2) is 40.9 Å². The summed E-state index contributed by atoms with van der Waals surface area (Å²) >= 11 is 3.53. The van der Waals surface area contributed by atoms with Crippen LogP contribution in [0.2, 0.25) is 0 Å². The van der Waals surface area contributed by atoms with Crippen molar-refractivity contribution in [1.29, 1.82) is 0 Å². The molecule has 0 fully saturated rings. The van der Waals surface area contributed by atoms with Gasteiger partial charge in [0.2, 0.25) is 0 Å². The molecule has 2 rings (SSSR count). The fraction of sp³-hybridized carbons (Fsp3) is 0.333. The molecule has 2 aromatic carbocycles. The van der Waals surface area contributed by atoms with E-state index in [4.69, 9.17) is 4.74 Å². The van der Waals surface area contributed by atoms with Crippen LogP contribution in [0.5, 0.6) is 5.75 Å². The molecule has 0 saturated heterocycles. The maximum Gasteiger partial charge on any atom is 0.133 e. The highest BCUT2D eigenvalue weighted by Crippen LogP contribution is 2.26. The fourth-order valence-electron chi connectivity index (χ4n) is 2.51. The van der Waals surface area contributed by atoms with Gasteiger partial charge in [-0.05, 0) is 65.5 Å². The van der Waals surface area contributed by atoms with Gasteiger partial charge in [-0.1, -0.05) is 29.8 Å². The Bertz CT molecular complexity index is 625. The van der Waals surface area contributed by atoms with Crippen LogP contribution in [0.3, 0.4) is 0 Å². The number of nitrogens with one attached hydrogen (secondary N) is 1. The third-order valence-corrected chi connectivity index (χ3v) is 4.34. The molecule has 1 unspecified atom stereocenters. The maximum absolute atomic E-state index is 5.25. The zero-order valence-electron chi connectivity index (χ0n) is 13.0. The van der Waals surface area contributed by atoms with E-state index in [1.165, 1.54) is 22.3 Å². The molecule has 0 aliphatic rings. The van der Waals surface area contributed by atoms with E-state index in [1.54, 1.807) is 7.11 Å². The minimum absolute atomic E-state index is 0.325. The van der Waals surface area contributed by atoms with Crippen LogP contribution in [0.1, 0.15) is 35.2 Å². The van der Waals surface area contributed by atoms with Gasteiger partial charge in [-0.2, -0.15) is 0 Å². The molecule has 0 aliphatic heterocycles. The van der Waals surface area contributed by atoms with Crippen molar-refractivity contribution < 1.29 is 4.74 Å². The van der Waals surface area contributed by atoms with Crippen molar-refractivity contribution in [2.24, 2.45) is 0 Å². The Balaban J connectivity index is 2.03. The van der Waals surface area contributed by atoms with E-state index in [-0.39, 0.29) is 0 Å². The first kappa shape index (κ1) is 16.1. The highest BCUT2D eigenvalue weighted by Gasteiger charge is 2.08. The Morgan fingerprint density at radius 1 is 1.14 bits per heavy atom. The van der Waals surface area contributed by atoms with Crippen LogP contribution >= 0.6 is 15.9 Å². The Morgan fingerprint density at radius 2 is 1.90 bits per heavy atom. The lowest BCUT2D eigenvalue weighted by molar-refractivity contribution is 0.412. The van der Waals surface area contributed by atoms with Crippen molar-refractivity contribution in [3.63, 3.8) is 0 Å². The molecular formula is C18H22BrNO. The van der Waals surface area contributed by atoms with Gasteiger partial charge in [0.1, 0.15) is 5.75 Å². The normalized spacial score (nSPS) is 12.2. The molecule has 0 aromatic heterocycles. The second-order valence-electron chi connectivity index (χ2n) is 5.43. The molecular weight excluding hydrogens is 326 g/mol. The van der Waals surface area contributed by atoms with Crippen LogP contribution in [-0.4, -0.2) is 7.11 Å². The summed E-state index contributed by atoms with van der Waals surface area (Å²) in [5.74, 6) is 0.862. The average Bonchev–Trinajstić information content (AvgIpc) is 2.45. The third-order valence-electron chi connectivity index (χ3n) is 3.72. The number of hydrogen-bond donors (Lipinski definition) is 1. The van der Waals surface area contributed by atoms with Gasteiger partial charge in [0, 0.05) is 12.6 Å². The van der Waals surface area contributed by atoms with Gasteiger partial charge >= 0.3 is 0 Å². The van der Waals surface area contributed by atoms with Crippen molar-refractivity contribution >= 4 is 15.9 Å². The van der Waals surface area contributed by atoms with E-state index < -0.39 is 0 Å². The molecule has 0 heterocycles. The molecule has 21 heavy (non-hydrogen) atoms. The minimum Gasteiger partial charge on any atom is -0.496 e. The van der Waals surface area contributed by atoms with E-state index in [2.05, 4.69) is 72.3 Å². The number of methoxy groups -OCH3 is 1. The summed E-state index contributed by atoms with van der Waals surface area (Å²) < 4.78 is 6.24. The molecule has 1 atom stereocenters. The summed E-state index contributed by atoms with van der Waals surface area (Å²) in [6.07, 6.45) is 0. The van der Waals surface area contributed by atoms with E-state index in [0.717, 1.165) is 16.8 Å². The van der Waals surface area contributed by atoms with Crippen molar-refractivity contribution in [1.82, 2.24) is 5.32 Å². The van der Waals surface area contributed by atoms with Crippen LogP contribution in [0, 0.1) is 13.8 Å². The summed E-state index contributed by atoms with van der Waals surface area (Å²) in [6, 6.07) is 13.1. The van der Waals surface area contributed by atoms with Crippen molar-refractivity contribution in [3.8, 4) is 5.75 Å². The predicted octanol–water partition coefficient (Wildman–Crippen LogP) is 4.93. The second-order valence-corrected chi connectivity index (χ2v) is 6.29. The number of benzene rings is 2. The number of ether oxygens (including phenoxy) is 1. The SMILES string of the molecule is COc1ccc(CNC(C)c2ccc(C)cc2C)cc1Br. The molecule has 3 heteroatoms. The Labute approximate surface area is 135 Å². The molecule has 1 N–H and O–H groups in total. The van der Waals surface area contributed by atoms with Crippen molar-refractivity contribution in [3.05, 3.63) is 63.1 Å². The summed E-state index contributed by atoms with van der Waals surface area (Å²) in [7, 11) is 1.68. The quantitative estimate of drug-likeness (QED) is 0.828. The molecule has 0 bridgehead atoms. The predicted molar refractivity (Wildman–Crippen MR) is 91.9 cm³/mol. The molecule has 2 aromatic rings. The lowest BCUT2D eigenvalue weighted by Crippen LogP contribution is -2.19. The Hall–Kier alpha value is -1.32. The highest BCUT2D eigenvalue weighted by atomic mass is 79.9. The largest absolute Gasteiger partial charge is 0.496 e. The van der Waals surface area contributed by atoms with Crippen LogP contribution in [0.25, 0.3) is 0 Å². The zero-order valence-corrected chi connectivity index (χ0v) is 14.6. The van der Waals surface area contributed by atoms with Gasteiger partial charge < -0.3 is 10.1 Å². The molecule has 0 aliphatic carbocycles. The van der Waals surface area contributed by atoms with Crippen LogP contribution < -0.4 is 10.1 Å². The standard InChI is InChI=1S/C18H22BrNO/c1-12-5-7-16(13(2)9-12)14(3)20-11-15-6-8-18(21-4)17(19)10-15/h5-10,14,20H,11H2,1-4H3. The van der Waals surface area contributed by atoms with Crippen molar-refractivity contribution in [2.75, 3.05) is 7.11 Å². The van der Waals surface area contributed by atoms with Crippen LogP contribution in [0.4, 0.5) is 0 Å². The summed E-state index contributed by atoms with van der Waals surface area (Å²) in [6.45, 7) is 7.33. The van der Waals surface area contributed by atoms with Gasteiger partial charge in [-0.25, -0.2) is 0 Å². The third kappa shape index (κ3) is 4.08. The average molecular weight is 348 g/mol. The van der Waals surface area contributed by atoms with Gasteiger partial charge in [0.05, 0.1) is 11.6 Å². The summed E-state index contributed by atoms with van der Waals surface area (Å²) in [4.78, 5) is 0. The van der Waals surface area contributed by atoms with Gasteiger partial charge in [-0.15, -0.1) is 0 Å². The van der Waals surface area contributed by atoms with Gasteiger partial charge in [0.15, 0.2) is 0 Å². The Morgan fingerprint density at radius 3 is 2.52 bits per heavy atom. The molecule has 2 nitrogen and oxygen atoms in total. The lowest BCUT2D eigenvalue weighted by atomic mass is 10.00. The molecule has 0 saturated carbocycles. The molecule has 112 valence electrons. The number of aryl methyl sites for hydroxylation is 2. The van der Waals surface area contributed by atoms with Gasteiger partial charge in [0.25, 0.3) is 0 Å². The smallest absolute Gasteiger partial charge is 0.133 e. The van der Waals surface area contributed by atoms with Gasteiger partial charge in [-0.3, -0.25) is 0 Å². The first-order chi connectivity index (χ1) is 10.0. The topological polar surface area (TPSA) is 21.3 Å². The lowest BCUT2D eigenvalue weighted by Gasteiger charge is -2.17. The van der Waals surface area contributed by atoms with E-state index in [9.17, 15) is 0 Å². The molecule has 0 spiro atoms. The second kappa shape index (κ2) is 7.10. The first-order valence-electron chi connectivity index (χ1n) is 7.14. The molecule has 0 amide bonds. The van der Waals surface area contributed by atoms with Crippen LogP contribution in [-0.2, 0) is 6.54 Å².